The molecular weight excluding hydrogens is 821 g/mol. The van der Waals surface area contributed by atoms with Gasteiger partial charge in [0.15, 0.2) is 11.6 Å². The standard InChI is InChI=1S/C58H38N2O6/c1-25-13-19-39-35(21-25)55(63)49-51(59-39)37-23-41(65-57-27(3)9-7-10-28(57)4)45-32-16-18-34-44-38(52-50(54(34)62)56(64)36-22-26(2)14-20-40(36)60-52)24-42(66-58-29(5)11-8-12-30(58)6)46(48(32)44)31-15-17-33(53(49)61)43(37)47(31)45/h7-24H,1-6H3,(H,59,63)(H,60,64). The van der Waals surface area contributed by atoms with Crippen LogP contribution in [0.15, 0.2) is 109 Å². The maximum Gasteiger partial charge on any atom is 0.199 e. The van der Waals surface area contributed by atoms with Crippen LogP contribution in [0, 0.1) is 41.5 Å². The Labute approximate surface area is 377 Å². The molecule has 0 radical (unpaired) electrons. The largest absolute Gasteiger partial charge is 0.506 e. The number of hydrogen-bond acceptors (Lipinski definition) is 8. The van der Waals surface area contributed by atoms with E-state index >= 15 is 0 Å². The molecule has 2 N–H and O–H groups in total. The molecule has 2 aromatic heterocycles. The van der Waals surface area contributed by atoms with Gasteiger partial charge in [-0.2, -0.15) is 0 Å². The second-order valence-electron chi connectivity index (χ2n) is 18.1. The lowest BCUT2D eigenvalue weighted by Crippen LogP contribution is -2.14. The molecule has 0 atom stereocenters. The SMILES string of the molecule is Cc1ccc2nc3c(c(O)c2c1)C(=O)c1ccc2c4c(Oc5c(C)cccc5C)cc5c6c(ccc(c7c(Oc8c(C)cccc8C)cc-3c1c27)c64)C(=O)c1c-5nc2ccc(C)cc2c1O. The van der Waals surface area contributed by atoms with E-state index in [1.165, 1.54) is 0 Å². The van der Waals surface area contributed by atoms with E-state index in [0.717, 1.165) is 65.7 Å². The zero-order chi connectivity index (χ0) is 45.2. The first kappa shape index (κ1) is 38.1. The predicted octanol–water partition coefficient (Wildman–Crippen LogP) is 14.1. The third-order valence-corrected chi connectivity index (χ3v) is 14.0. The minimum Gasteiger partial charge on any atom is -0.506 e. The average Bonchev–Trinajstić information content (AvgIpc) is 3.30. The van der Waals surface area contributed by atoms with Crippen molar-refractivity contribution in [3.05, 3.63) is 165 Å². The quantitative estimate of drug-likeness (QED) is 0.133. The summed E-state index contributed by atoms with van der Waals surface area (Å²) in [7, 11) is 0. The molecule has 8 nitrogen and oxygen atoms in total. The first-order chi connectivity index (χ1) is 31.9. The fraction of sp³-hybridized carbons (Fsp3) is 0.103. The van der Waals surface area contributed by atoms with Crippen LogP contribution in [0.4, 0.5) is 0 Å². The summed E-state index contributed by atoms with van der Waals surface area (Å²) in [5, 5.41) is 30.9. The lowest BCUT2D eigenvalue weighted by atomic mass is 9.77. The van der Waals surface area contributed by atoms with Gasteiger partial charge in [0.1, 0.15) is 34.5 Å². The average molecular weight is 859 g/mol. The summed E-state index contributed by atoms with van der Waals surface area (Å²) in [6.07, 6.45) is 0. The van der Waals surface area contributed by atoms with Crippen LogP contribution in [0.3, 0.4) is 0 Å². The number of aromatic nitrogens is 2. The molecule has 0 saturated carbocycles. The van der Waals surface area contributed by atoms with Crippen molar-refractivity contribution in [3.8, 4) is 57.0 Å². The molecule has 9 aromatic carbocycles. The van der Waals surface area contributed by atoms with E-state index in [2.05, 4.69) is 0 Å². The van der Waals surface area contributed by atoms with Crippen molar-refractivity contribution >= 4 is 76.5 Å². The molecular formula is C58H38N2O6. The van der Waals surface area contributed by atoms with Gasteiger partial charge in [0.25, 0.3) is 0 Å². The van der Waals surface area contributed by atoms with Gasteiger partial charge >= 0.3 is 0 Å². The topological polar surface area (TPSA) is 119 Å². The summed E-state index contributed by atoms with van der Waals surface area (Å²) >= 11 is 0. The fourth-order valence-electron chi connectivity index (χ4n) is 10.9. The van der Waals surface area contributed by atoms with Crippen LogP contribution in [0.1, 0.15) is 65.2 Å². The van der Waals surface area contributed by atoms with Gasteiger partial charge in [-0.25, -0.2) is 9.97 Å². The van der Waals surface area contributed by atoms with Crippen molar-refractivity contribution < 1.29 is 29.3 Å². The van der Waals surface area contributed by atoms with Crippen molar-refractivity contribution in [2.45, 2.75) is 41.5 Å². The second kappa shape index (κ2) is 13.1. The molecule has 0 fully saturated rings. The first-order valence-electron chi connectivity index (χ1n) is 22.0. The van der Waals surface area contributed by atoms with Crippen LogP contribution in [0.2, 0.25) is 0 Å². The monoisotopic (exact) mass is 858 g/mol. The van der Waals surface area contributed by atoms with E-state index in [1.54, 1.807) is 0 Å². The van der Waals surface area contributed by atoms with Gasteiger partial charge in [-0.15, -0.1) is 0 Å². The number of aromatic hydroxyl groups is 2. The Kier molecular flexibility index (Phi) is 7.58. The second-order valence-corrected chi connectivity index (χ2v) is 18.1. The Balaban J connectivity index is 1.25. The fourth-order valence-corrected chi connectivity index (χ4v) is 10.9. The smallest absolute Gasteiger partial charge is 0.199 e. The van der Waals surface area contributed by atoms with Gasteiger partial charge in [0.05, 0.1) is 33.5 Å². The number of pyridine rings is 2. The number of nitrogens with zero attached hydrogens (tertiary/aromatic N) is 2. The number of fused-ring (bicyclic) bond motifs is 8. The van der Waals surface area contributed by atoms with E-state index in [-0.39, 0.29) is 34.2 Å². The highest BCUT2D eigenvalue weighted by Gasteiger charge is 2.37. The number of hydrogen-bond donors (Lipinski definition) is 2. The number of ketones is 2. The van der Waals surface area contributed by atoms with Crippen molar-refractivity contribution in [1.82, 2.24) is 9.97 Å². The van der Waals surface area contributed by atoms with Crippen LogP contribution in [0.25, 0.3) is 87.4 Å². The molecule has 316 valence electrons. The molecule has 0 bridgehead atoms. The summed E-state index contributed by atoms with van der Waals surface area (Å²) in [6.45, 7) is 11.9. The van der Waals surface area contributed by atoms with Crippen LogP contribution >= 0.6 is 0 Å². The van der Waals surface area contributed by atoms with Crippen molar-refractivity contribution in [2.24, 2.45) is 0 Å². The Bertz CT molecular complexity index is 3820. The maximum absolute atomic E-state index is 15.0. The highest BCUT2D eigenvalue weighted by atomic mass is 16.5. The number of carbonyl (C=O) groups is 2. The molecule has 0 unspecified atom stereocenters. The Morgan fingerprint density at radius 1 is 0.409 bits per heavy atom. The number of aryl methyl sites for hydroxylation is 6. The number of carbonyl (C=O) groups excluding carboxylic acids is 2. The van der Waals surface area contributed by atoms with Crippen LogP contribution in [-0.4, -0.2) is 31.7 Å². The molecule has 2 heterocycles. The third-order valence-electron chi connectivity index (χ3n) is 14.0. The predicted molar refractivity (Wildman–Crippen MR) is 261 cm³/mol. The molecule has 13 rings (SSSR count). The maximum atomic E-state index is 15.0. The van der Waals surface area contributed by atoms with Gasteiger partial charge in [0.2, 0.25) is 0 Å². The Morgan fingerprint density at radius 2 is 0.803 bits per heavy atom. The lowest BCUT2D eigenvalue weighted by Gasteiger charge is -2.28. The van der Waals surface area contributed by atoms with Gasteiger partial charge in [0, 0.05) is 65.3 Å². The number of benzene rings is 9. The third kappa shape index (κ3) is 4.93. The summed E-state index contributed by atoms with van der Waals surface area (Å²) < 4.78 is 14.4. The molecule has 11 aromatic rings. The van der Waals surface area contributed by atoms with Gasteiger partial charge in [-0.05, 0) is 123 Å². The molecule has 0 spiro atoms. The minimum absolute atomic E-state index is 0.110. The molecule has 2 aliphatic carbocycles. The van der Waals surface area contributed by atoms with Crippen molar-refractivity contribution in [2.75, 3.05) is 0 Å². The molecule has 0 saturated heterocycles. The number of ether oxygens (including phenoxy) is 2. The van der Waals surface area contributed by atoms with E-state index < -0.39 is 0 Å². The zero-order valence-corrected chi connectivity index (χ0v) is 36.8. The first-order valence-corrected chi connectivity index (χ1v) is 22.0. The zero-order valence-electron chi connectivity index (χ0n) is 36.8. The van der Waals surface area contributed by atoms with Crippen LogP contribution in [0.5, 0.6) is 34.5 Å². The summed E-state index contributed by atoms with van der Waals surface area (Å²) in [5.41, 5.74) is 9.92. The molecule has 2 aliphatic rings. The summed E-state index contributed by atoms with van der Waals surface area (Å²) in [4.78, 5) is 40.2. The summed E-state index contributed by atoms with van der Waals surface area (Å²) in [5.74, 6) is 1.53. The van der Waals surface area contributed by atoms with Gasteiger partial charge < -0.3 is 19.7 Å². The molecule has 0 aliphatic heterocycles. The minimum atomic E-state index is -0.328. The van der Waals surface area contributed by atoms with Gasteiger partial charge in [-0.3, -0.25) is 9.59 Å². The van der Waals surface area contributed by atoms with E-state index in [1.807, 2.05) is 151 Å². The highest BCUT2D eigenvalue weighted by Crippen LogP contribution is 2.57. The lowest BCUT2D eigenvalue weighted by molar-refractivity contribution is 0.102. The molecule has 0 amide bonds. The normalized spacial score (nSPS) is 12.9. The Morgan fingerprint density at radius 3 is 1.20 bits per heavy atom. The highest BCUT2D eigenvalue weighted by molar-refractivity contribution is 6.43. The van der Waals surface area contributed by atoms with E-state index in [0.29, 0.717) is 89.2 Å². The molecule has 8 heteroatoms. The van der Waals surface area contributed by atoms with Crippen LogP contribution < -0.4 is 9.47 Å². The Hall–Kier alpha value is -8.36. The number of rotatable bonds is 4. The van der Waals surface area contributed by atoms with Crippen molar-refractivity contribution in [3.63, 3.8) is 0 Å². The van der Waals surface area contributed by atoms with E-state index in [9.17, 15) is 19.8 Å². The van der Waals surface area contributed by atoms with E-state index in [4.69, 9.17) is 19.4 Å². The number of para-hydroxylation sites is 2. The summed E-state index contributed by atoms with van der Waals surface area (Å²) in [6, 6.07) is 34.9. The van der Waals surface area contributed by atoms with Gasteiger partial charge in [-0.1, -0.05) is 71.8 Å². The molecule has 66 heavy (non-hydrogen) atoms. The van der Waals surface area contributed by atoms with Crippen LogP contribution in [-0.2, 0) is 0 Å². The van der Waals surface area contributed by atoms with Crippen molar-refractivity contribution in [1.29, 1.82) is 0 Å².